The number of halogens is 3. The zero-order chi connectivity index (χ0) is 13.0. The predicted octanol–water partition coefficient (Wildman–Crippen LogP) is 4.63. The summed E-state index contributed by atoms with van der Waals surface area (Å²) in [4.78, 5) is 3.95. The smallest absolute Gasteiger partial charge is 0.0561 e. The fourth-order valence-electron chi connectivity index (χ4n) is 2.51. The Kier molecular flexibility index (Phi) is 10.5. The maximum Gasteiger partial charge on any atom is 0.0561 e. The molecule has 1 atom stereocenters. The number of piperazine rings is 1. The molecule has 2 rings (SSSR count). The second-order valence-electron chi connectivity index (χ2n) is 5.41. The summed E-state index contributed by atoms with van der Waals surface area (Å²) in [5.41, 5.74) is 0. The monoisotopic (exact) mass is 358 g/mol. The Labute approximate surface area is 144 Å². The van der Waals surface area contributed by atoms with Gasteiger partial charge in [0.05, 0.1) is 5.02 Å². The molecule has 1 aliphatic rings. The van der Waals surface area contributed by atoms with Crippen LogP contribution in [0.15, 0.2) is 11.4 Å². The van der Waals surface area contributed by atoms with Gasteiger partial charge in [-0.05, 0) is 30.2 Å². The molecule has 118 valence electrons. The van der Waals surface area contributed by atoms with E-state index in [1.807, 2.05) is 17.4 Å². The van der Waals surface area contributed by atoms with Gasteiger partial charge in [0.15, 0.2) is 0 Å². The molecule has 0 radical (unpaired) electrons. The van der Waals surface area contributed by atoms with Gasteiger partial charge in [0.25, 0.3) is 0 Å². The van der Waals surface area contributed by atoms with Crippen LogP contribution >= 0.6 is 47.8 Å². The molecule has 2 nitrogen and oxygen atoms in total. The van der Waals surface area contributed by atoms with Gasteiger partial charge in [0.2, 0.25) is 0 Å². The van der Waals surface area contributed by atoms with E-state index in [0.29, 0.717) is 6.04 Å². The standard InChI is InChI=1S/C14H23ClN2S.2ClH/c1-11(2)3-4-13(14-12(15)5-10-18-14)17-8-6-16-7-9-17;;/h5,10-11,13,16H,3-4,6-9H2,1-2H3;2*1H/t13-;;/m0../s1. The van der Waals surface area contributed by atoms with Crippen molar-refractivity contribution in [1.82, 2.24) is 10.2 Å². The summed E-state index contributed by atoms with van der Waals surface area (Å²) in [6, 6.07) is 2.55. The van der Waals surface area contributed by atoms with E-state index in [4.69, 9.17) is 11.6 Å². The van der Waals surface area contributed by atoms with Crippen LogP contribution in [-0.2, 0) is 0 Å². The van der Waals surface area contributed by atoms with Crippen LogP contribution in [0.4, 0.5) is 0 Å². The molecule has 0 saturated carbocycles. The van der Waals surface area contributed by atoms with E-state index in [-0.39, 0.29) is 24.8 Å². The van der Waals surface area contributed by atoms with Gasteiger partial charge in [0, 0.05) is 37.1 Å². The SMILES string of the molecule is CC(C)CC[C@@H](c1sccc1Cl)N1CCNCC1.Cl.Cl. The summed E-state index contributed by atoms with van der Waals surface area (Å²) in [5, 5.41) is 6.49. The first-order valence-electron chi connectivity index (χ1n) is 6.86. The van der Waals surface area contributed by atoms with Gasteiger partial charge in [0.1, 0.15) is 0 Å². The molecule has 1 N–H and O–H groups in total. The normalized spacial score (nSPS) is 17.4. The fraction of sp³-hybridized carbons (Fsp3) is 0.714. The van der Waals surface area contributed by atoms with E-state index in [9.17, 15) is 0 Å². The third kappa shape index (κ3) is 5.70. The Balaban J connectivity index is 0.00000180. The molecule has 6 heteroatoms. The van der Waals surface area contributed by atoms with Crippen molar-refractivity contribution in [1.29, 1.82) is 0 Å². The summed E-state index contributed by atoms with van der Waals surface area (Å²) in [7, 11) is 0. The highest BCUT2D eigenvalue weighted by molar-refractivity contribution is 7.10. The van der Waals surface area contributed by atoms with Gasteiger partial charge < -0.3 is 5.32 Å². The van der Waals surface area contributed by atoms with Crippen LogP contribution in [0.5, 0.6) is 0 Å². The van der Waals surface area contributed by atoms with Crippen LogP contribution in [0.3, 0.4) is 0 Å². The van der Waals surface area contributed by atoms with Crippen LogP contribution < -0.4 is 5.32 Å². The summed E-state index contributed by atoms with van der Waals surface area (Å²) in [6.45, 7) is 9.06. The van der Waals surface area contributed by atoms with E-state index >= 15 is 0 Å². The maximum atomic E-state index is 6.34. The Hall–Kier alpha value is 0.490. The molecule has 0 aliphatic carbocycles. The van der Waals surface area contributed by atoms with Crippen molar-refractivity contribution in [3.63, 3.8) is 0 Å². The second kappa shape index (κ2) is 10.3. The number of thiophene rings is 1. The van der Waals surface area contributed by atoms with Crippen molar-refractivity contribution in [2.75, 3.05) is 26.2 Å². The van der Waals surface area contributed by atoms with Crippen molar-refractivity contribution in [2.24, 2.45) is 5.92 Å². The molecular weight excluding hydrogens is 335 g/mol. The first-order chi connectivity index (χ1) is 8.68. The maximum absolute atomic E-state index is 6.34. The molecule has 20 heavy (non-hydrogen) atoms. The number of nitrogens with one attached hydrogen (secondary N) is 1. The van der Waals surface area contributed by atoms with Gasteiger partial charge in [-0.2, -0.15) is 0 Å². The number of hydrogen-bond acceptors (Lipinski definition) is 3. The minimum atomic E-state index is 0. The number of rotatable bonds is 5. The number of hydrogen-bond donors (Lipinski definition) is 1. The molecule has 0 aromatic carbocycles. The summed E-state index contributed by atoms with van der Waals surface area (Å²) in [6.07, 6.45) is 2.49. The third-order valence-corrected chi connectivity index (χ3v) is 5.02. The molecule has 0 spiro atoms. The van der Waals surface area contributed by atoms with Crippen LogP contribution in [0.2, 0.25) is 5.02 Å². The van der Waals surface area contributed by atoms with Crippen molar-refractivity contribution in [3.8, 4) is 0 Å². The summed E-state index contributed by atoms with van der Waals surface area (Å²) < 4.78 is 0. The molecule has 0 amide bonds. The Morgan fingerprint density at radius 1 is 1.25 bits per heavy atom. The lowest BCUT2D eigenvalue weighted by Crippen LogP contribution is -2.45. The highest BCUT2D eigenvalue weighted by Gasteiger charge is 2.24. The van der Waals surface area contributed by atoms with Gasteiger partial charge >= 0.3 is 0 Å². The molecular formula is C14H25Cl3N2S. The van der Waals surface area contributed by atoms with E-state index in [0.717, 1.165) is 37.1 Å². The molecule has 1 saturated heterocycles. The van der Waals surface area contributed by atoms with Crippen LogP contribution in [0, 0.1) is 5.92 Å². The van der Waals surface area contributed by atoms with Crippen molar-refractivity contribution in [3.05, 3.63) is 21.3 Å². The fourth-order valence-corrected chi connectivity index (χ4v) is 3.86. The average molecular weight is 360 g/mol. The van der Waals surface area contributed by atoms with Gasteiger partial charge in [-0.1, -0.05) is 25.4 Å². The van der Waals surface area contributed by atoms with E-state index in [1.165, 1.54) is 17.7 Å². The van der Waals surface area contributed by atoms with Crippen LogP contribution in [0.25, 0.3) is 0 Å². The van der Waals surface area contributed by atoms with Crippen molar-refractivity contribution >= 4 is 47.8 Å². The Morgan fingerprint density at radius 3 is 2.40 bits per heavy atom. The first-order valence-corrected chi connectivity index (χ1v) is 8.12. The molecule has 1 aromatic rings. The van der Waals surface area contributed by atoms with Gasteiger partial charge in [-0.3, -0.25) is 4.90 Å². The molecule has 1 aliphatic heterocycles. The van der Waals surface area contributed by atoms with Gasteiger partial charge in [-0.15, -0.1) is 36.2 Å². The highest BCUT2D eigenvalue weighted by atomic mass is 35.5. The van der Waals surface area contributed by atoms with E-state index in [1.54, 1.807) is 0 Å². The van der Waals surface area contributed by atoms with Crippen LogP contribution in [-0.4, -0.2) is 31.1 Å². The lowest BCUT2D eigenvalue weighted by atomic mass is 10.0. The highest BCUT2D eigenvalue weighted by Crippen LogP contribution is 2.36. The van der Waals surface area contributed by atoms with Gasteiger partial charge in [-0.25, -0.2) is 0 Å². The molecule has 0 bridgehead atoms. The van der Waals surface area contributed by atoms with E-state index in [2.05, 4.69) is 29.4 Å². The Morgan fingerprint density at radius 2 is 1.90 bits per heavy atom. The summed E-state index contributed by atoms with van der Waals surface area (Å²) in [5.74, 6) is 0.758. The minimum absolute atomic E-state index is 0. The van der Waals surface area contributed by atoms with E-state index < -0.39 is 0 Å². The average Bonchev–Trinajstić information content (AvgIpc) is 2.77. The lowest BCUT2D eigenvalue weighted by molar-refractivity contribution is 0.162. The predicted molar refractivity (Wildman–Crippen MR) is 95.1 cm³/mol. The van der Waals surface area contributed by atoms with Crippen LogP contribution in [0.1, 0.15) is 37.6 Å². The first kappa shape index (κ1) is 20.5. The molecule has 2 heterocycles. The largest absolute Gasteiger partial charge is 0.314 e. The zero-order valence-corrected chi connectivity index (χ0v) is 15.3. The number of nitrogens with zero attached hydrogens (tertiary/aromatic N) is 1. The zero-order valence-electron chi connectivity index (χ0n) is 12.1. The Bertz CT molecular complexity index is 365. The quantitative estimate of drug-likeness (QED) is 0.824. The van der Waals surface area contributed by atoms with Crippen molar-refractivity contribution < 1.29 is 0 Å². The minimum Gasteiger partial charge on any atom is -0.314 e. The van der Waals surface area contributed by atoms with Crippen molar-refractivity contribution in [2.45, 2.75) is 32.7 Å². The topological polar surface area (TPSA) is 15.3 Å². The molecule has 1 aromatic heterocycles. The lowest BCUT2D eigenvalue weighted by Gasteiger charge is -2.35. The summed E-state index contributed by atoms with van der Waals surface area (Å²) >= 11 is 8.15. The second-order valence-corrected chi connectivity index (χ2v) is 6.76. The molecule has 1 fully saturated rings. The molecule has 0 unspecified atom stereocenters. The third-order valence-electron chi connectivity index (χ3n) is 3.56.